The lowest BCUT2D eigenvalue weighted by Crippen LogP contribution is -2.14. The minimum Gasteiger partial charge on any atom is -0.491 e. The van der Waals surface area contributed by atoms with Gasteiger partial charge in [0.25, 0.3) is 0 Å². The molecular formula is C18H31NO2. The molecule has 0 aromatic heterocycles. The van der Waals surface area contributed by atoms with Gasteiger partial charge in [-0.25, -0.2) is 0 Å². The SMILES string of the molecule is CCCCCCC(C)OCCOc1cccc(CNC)c1. The first-order chi connectivity index (χ1) is 10.3. The van der Waals surface area contributed by atoms with E-state index in [9.17, 15) is 0 Å². The monoisotopic (exact) mass is 293 g/mol. The Bertz CT molecular complexity index is 368. The second-order valence-electron chi connectivity index (χ2n) is 5.56. The third-order valence-corrected chi connectivity index (χ3v) is 3.50. The molecule has 120 valence electrons. The van der Waals surface area contributed by atoms with Crippen LogP contribution < -0.4 is 10.1 Å². The molecular weight excluding hydrogens is 262 g/mol. The number of ether oxygens (including phenoxy) is 2. The molecule has 0 spiro atoms. The van der Waals surface area contributed by atoms with Crippen LogP contribution in [-0.4, -0.2) is 26.4 Å². The molecule has 0 heterocycles. The standard InChI is InChI=1S/C18H31NO2/c1-4-5-6-7-9-16(2)20-12-13-21-18-11-8-10-17(14-18)15-19-3/h8,10-11,14,16,19H,4-7,9,12-13,15H2,1-3H3. The highest BCUT2D eigenvalue weighted by molar-refractivity contribution is 5.28. The van der Waals surface area contributed by atoms with Gasteiger partial charge < -0.3 is 14.8 Å². The predicted octanol–water partition coefficient (Wildman–Crippen LogP) is 4.16. The summed E-state index contributed by atoms with van der Waals surface area (Å²) in [6.45, 7) is 6.53. The molecule has 0 aliphatic heterocycles. The Morgan fingerprint density at radius 3 is 2.76 bits per heavy atom. The smallest absolute Gasteiger partial charge is 0.119 e. The van der Waals surface area contributed by atoms with Gasteiger partial charge in [-0.2, -0.15) is 0 Å². The minimum atomic E-state index is 0.334. The largest absolute Gasteiger partial charge is 0.491 e. The van der Waals surface area contributed by atoms with E-state index in [1.165, 1.54) is 31.2 Å². The zero-order valence-electron chi connectivity index (χ0n) is 13.9. The number of hydrogen-bond acceptors (Lipinski definition) is 3. The minimum absolute atomic E-state index is 0.334. The van der Waals surface area contributed by atoms with Gasteiger partial charge in [-0.3, -0.25) is 0 Å². The molecule has 1 unspecified atom stereocenters. The fraction of sp³-hybridized carbons (Fsp3) is 0.667. The second kappa shape index (κ2) is 11.6. The Morgan fingerprint density at radius 1 is 1.14 bits per heavy atom. The molecule has 0 radical (unpaired) electrons. The average molecular weight is 293 g/mol. The van der Waals surface area contributed by atoms with E-state index in [0.717, 1.165) is 18.7 Å². The maximum atomic E-state index is 5.78. The lowest BCUT2D eigenvalue weighted by atomic mass is 10.1. The van der Waals surface area contributed by atoms with E-state index >= 15 is 0 Å². The predicted molar refractivity (Wildman–Crippen MR) is 88.9 cm³/mol. The first kappa shape index (κ1) is 18.0. The van der Waals surface area contributed by atoms with Crippen LogP contribution in [0, 0.1) is 0 Å². The Morgan fingerprint density at radius 2 is 2.00 bits per heavy atom. The van der Waals surface area contributed by atoms with Gasteiger partial charge in [-0.1, -0.05) is 44.7 Å². The van der Waals surface area contributed by atoms with Gasteiger partial charge in [-0.15, -0.1) is 0 Å². The van der Waals surface area contributed by atoms with E-state index in [1.54, 1.807) is 0 Å². The van der Waals surface area contributed by atoms with Crippen LogP contribution in [0.15, 0.2) is 24.3 Å². The summed E-state index contributed by atoms with van der Waals surface area (Å²) < 4.78 is 11.5. The van der Waals surface area contributed by atoms with Gasteiger partial charge >= 0.3 is 0 Å². The van der Waals surface area contributed by atoms with Crippen LogP contribution in [0.3, 0.4) is 0 Å². The van der Waals surface area contributed by atoms with Crippen LogP contribution in [0.5, 0.6) is 5.75 Å². The quantitative estimate of drug-likeness (QED) is 0.587. The van der Waals surface area contributed by atoms with E-state index in [0.29, 0.717) is 19.3 Å². The third kappa shape index (κ3) is 8.74. The molecule has 3 nitrogen and oxygen atoms in total. The first-order valence-corrected chi connectivity index (χ1v) is 8.24. The summed E-state index contributed by atoms with van der Waals surface area (Å²) in [7, 11) is 1.95. The fourth-order valence-corrected chi connectivity index (χ4v) is 2.30. The van der Waals surface area contributed by atoms with Crippen molar-refractivity contribution in [2.24, 2.45) is 0 Å². The Hall–Kier alpha value is -1.06. The van der Waals surface area contributed by atoms with Crippen molar-refractivity contribution in [3.63, 3.8) is 0 Å². The van der Waals surface area contributed by atoms with E-state index in [4.69, 9.17) is 9.47 Å². The van der Waals surface area contributed by atoms with Crippen LogP contribution in [0.4, 0.5) is 0 Å². The Labute approximate surface area is 130 Å². The Balaban J connectivity index is 2.11. The maximum Gasteiger partial charge on any atom is 0.119 e. The Kier molecular flexibility index (Phi) is 9.92. The van der Waals surface area contributed by atoms with Crippen molar-refractivity contribution in [1.82, 2.24) is 5.32 Å². The van der Waals surface area contributed by atoms with Crippen molar-refractivity contribution in [2.45, 2.75) is 58.6 Å². The van der Waals surface area contributed by atoms with E-state index in [1.807, 2.05) is 19.2 Å². The van der Waals surface area contributed by atoms with Crippen LogP contribution in [0.1, 0.15) is 51.5 Å². The number of nitrogens with one attached hydrogen (secondary N) is 1. The zero-order valence-corrected chi connectivity index (χ0v) is 13.9. The summed E-state index contributed by atoms with van der Waals surface area (Å²) in [5.41, 5.74) is 1.24. The van der Waals surface area contributed by atoms with Crippen molar-refractivity contribution in [3.8, 4) is 5.75 Å². The van der Waals surface area contributed by atoms with Crippen molar-refractivity contribution in [1.29, 1.82) is 0 Å². The summed E-state index contributed by atoms with van der Waals surface area (Å²) in [5, 5.41) is 3.14. The molecule has 1 rings (SSSR count). The molecule has 0 amide bonds. The second-order valence-corrected chi connectivity index (χ2v) is 5.56. The molecule has 0 saturated heterocycles. The zero-order chi connectivity index (χ0) is 15.3. The van der Waals surface area contributed by atoms with Crippen LogP contribution in [0.25, 0.3) is 0 Å². The molecule has 1 N–H and O–H groups in total. The number of hydrogen-bond donors (Lipinski definition) is 1. The van der Waals surface area contributed by atoms with E-state index < -0.39 is 0 Å². The number of rotatable bonds is 12. The normalized spacial score (nSPS) is 12.3. The summed E-state index contributed by atoms with van der Waals surface area (Å²) in [4.78, 5) is 0. The molecule has 0 aliphatic carbocycles. The molecule has 1 aromatic carbocycles. The van der Waals surface area contributed by atoms with E-state index in [2.05, 4.69) is 31.3 Å². The highest BCUT2D eigenvalue weighted by atomic mass is 16.5. The lowest BCUT2D eigenvalue weighted by Gasteiger charge is -2.13. The lowest BCUT2D eigenvalue weighted by molar-refractivity contribution is 0.0384. The molecule has 0 bridgehead atoms. The van der Waals surface area contributed by atoms with Gasteiger partial charge in [-0.05, 0) is 38.1 Å². The third-order valence-electron chi connectivity index (χ3n) is 3.50. The summed E-state index contributed by atoms with van der Waals surface area (Å²) >= 11 is 0. The highest BCUT2D eigenvalue weighted by Crippen LogP contribution is 2.13. The molecule has 1 atom stereocenters. The highest BCUT2D eigenvalue weighted by Gasteiger charge is 2.02. The molecule has 0 saturated carbocycles. The fourth-order valence-electron chi connectivity index (χ4n) is 2.30. The van der Waals surface area contributed by atoms with Crippen LogP contribution in [-0.2, 0) is 11.3 Å². The van der Waals surface area contributed by atoms with Crippen LogP contribution >= 0.6 is 0 Å². The topological polar surface area (TPSA) is 30.5 Å². The molecule has 21 heavy (non-hydrogen) atoms. The van der Waals surface area contributed by atoms with Crippen molar-refractivity contribution < 1.29 is 9.47 Å². The summed E-state index contributed by atoms with van der Waals surface area (Å²) in [6, 6.07) is 8.19. The van der Waals surface area contributed by atoms with Gasteiger partial charge in [0.15, 0.2) is 0 Å². The van der Waals surface area contributed by atoms with E-state index in [-0.39, 0.29) is 0 Å². The maximum absolute atomic E-state index is 5.78. The van der Waals surface area contributed by atoms with Crippen molar-refractivity contribution in [2.75, 3.05) is 20.3 Å². The molecule has 0 aliphatic rings. The van der Waals surface area contributed by atoms with Crippen LogP contribution in [0.2, 0.25) is 0 Å². The van der Waals surface area contributed by atoms with Crippen molar-refractivity contribution >= 4 is 0 Å². The van der Waals surface area contributed by atoms with Gasteiger partial charge in [0, 0.05) is 6.54 Å². The molecule has 3 heteroatoms. The van der Waals surface area contributed by atoms with Gasteiger partial charge in [0.2, 0.25) is 0 Å². The van der Waals surface area contributed by atoms with Crippen molar-refractivity contribution in [3.05, 3.63) is 29.8 Å². The van der Waals surface area contributed by atoms with Gasteiger partial charge in [0.05, 0.1) is 12.7 Å². The average Bonchev–Trinajstić information content (AvgIpc) is 2.49. The number of benzene rings is 1. The first-order valence-electron chi connectivity index (χ1n) is 8.24. The summed E-state index contributed by atoms with van der Waals surface area (Å²) in [6.07, 6.45) is 6.69. The number of unbranched alkanes of at least 4 members (excludes halogenated alkanes) is 3. The van der Waals surface area contributed by atoms with Gasteiger partial charge in [0.1, 0.15) is 12.4 Å². The summed E-state index contributed by atoms with van der Waals surface area (Å²) in [5.74, 6) is 0.918. The molecule has 0 fully saturated rings. The molecule has 1 aromatic rings.